The molecule has 3 rings (SSSR count). The highest BCUT2D eigenvalue weighted by atomic mass is 16.5. The Morgan fingerprint density at radius 2 is 2.24 bits per heavy atom. The van der Waals surface area contributed by atoms with E-state index in [-0.39, 0.29) is 0 Å². The molecule has 0 aromatic carbocycles. The number of rotatable bonds is 5. The van der Waals surface area contributed by atoms with Crippen molar-refractivity contribution in [3.8, 4) is 0 Å². The summed E-state index contributed by atoms with van der Waals surface area (Å²) in [5, 5.41) is 7.67. The lowest BCUT2D eigenvalue weighted by molar-refractivity contribution is 0.0134. The highest BCUT2D eigenvalue weighted by Gasteiger charge is 2.22. The van der Waals surface area contributed by atoms with Crippen LogP contribution in [0.4, 0.5) is 0 Å². The Bertz CT molecular complexity index is 431. The number of hydrogen-bond acceptors (Lipinski definition) is 6. The largest absolute Gasteiger partial charge is 0.377 e. The molecular formula is C15H26N4O2. The fourth-order valence-corrected chi connectivity index (χ4v) is 3.24. The molecule has 118 valence electrons. The van der Waals surface area contributed by atoms with Crippen LogP contribution in [0, 0.1) is 6.92 Å². The van der Waals surface area contributed by atoms with Crippen LogP contribution in [0.1, 0.15) is 43.8 Å². The second kappa shape index (κ2) is 7.33. The zero-order valence-electron chi connectivity index (χ0n) is 12.9. The van der Waals surface area contributed by atoms with Crippen molar-refractivity contribution < 1.29 is 9.26 Å². The van der Waals surface area contributed by atoms with Gasteiger partial charge in [-0.3, -0.25) is 4.90 Å². The monoisotopic (exact) mass is 294 g/mol. The third kappa shape index (κ3) is 4.49. The first-order chi connectivity index (χ1) is 10.3. The van der Waals surface area contributed by atoms with Gasteiger partial charge in [-0.25, -0.2) is 0 Å². The van der Waals surface area contributed by atoms with E-state index in [0.717, 1.165) is 38.6 Å². The average molecular weight is 294 g/mol. The Morgan fingerprint density at radius 1 is 1.29 bits per heavy atom. The maximum absolute atomic E-state index is 5.79. The summed E-state index contributed by atoms with van der Waals surface area (Å²) in [7, 11) is 0. The first kappa shape index (κ1) is 14.9. The molecule has 0 spiro atoms. The predicted molar refractivity (Wildman–Crippen MR) is 78.9 cm³/mol. The molecule has 6 heteroatoms. The number of aryl methyl sites for hydroxylation is 1. The van der Waals surface area contributed by atoms with E-state index < -0.39 is 0 Å². The fraction of sp³-hybridized carbons (Fsp3) is 0.867. The lowest BCUT2D eigenvalue weighted by Gasteiger charge is -2.33. The van der Waals surface area contributed by atoms with E-state index in [4.69, 9.17) is 9.26 Å². The van der Waals surface area contributed by atoms with Gasteiger partial charge in [0.05, 0.1) is 12.6 Å². The maximum atomic E-state index is 5.79. The number of ether oxygens (including phenoxy) is 1. The topological polar surface area (TPSA) is 63.4 Å². The van der Waals surface area contributed by atoms with Crippen molar-refractivity contribution in [3.63, 3.8) is 0 Å². The van der Waals surface area contributed by atoms with Gasteiger partial charge in [-0.05, 0) is 38.6 Å². The molecule has 0 amide bonds. The standard InChI is InChI=1S/C15H26N4O2/c1-12-17-15(18-21-12)11-19-7-4-5-13(10-19)16-9-14-6-2-3-8-20-14/h13-14,16H,2-11H2,1H3/t13-,14+/m0/s1. The van der Waals surface area contributed by atoms with E-state index in [1.165, 1.54) is 32.1 Å². The van der Waals surface area contributed by atoms with Crippen LogP contribution in [0.2, 0.25) is 0 Å². The van der Waals surface area contributed by atoms with Gasteiger partial charge < -0.3 is 14.6 Å². The predicted octanol–water partition coefficient (Wildman–Crippen LogP) is 1.50. The molecular weight excluding hydrogens is 268 g/mol. The molecule has 2 fully saturated rings. The highest BCUT2D eigenvalue weighted by Crippen LogP contribution is 2.15. The zero-order chi connectivity index (χ0) is 14.5. The van der Waals surface area contributed by atoms with E-state index in [0.29, 0.717) is 18.0 Å². The summed E-state index contributed by atoms with van der Waals surface area (Å²) in [5.74, 6) is 1.44. The highest BCUT2D eigenvalue weighted by molar-refractivity contribution is 4.87. The maximum Gasteiger partial charge on any atom is 0.223 e. The summed E-state index contributed by atoms with van der Waals surface area (Å²) < 4.78 is 10.8. The van der Waals surface area contributed by atoms with Crippen LogP contribution in [0.5, 0.6) is 0 Å². The Morgan fingerprint density at radius 3 is 3.00 bits per heavy atom. The lowest BCUT2D eigenvalue weighted by Crippen LogP contribution is -2.47. The van der Waals surface area contributed by atoms with E-state index in [9.17, 15) is 0 Å². The third-order valence-corrected chi connectivity index (χ3v) is 4.35. The van der Waals surface area contributed by atoms with Crippen molar-refractivity contribution in [2.24, 2.45) is 0 Å². The van der Waals surface area contributed by atoms with Gasteiger partial charge in [0, 0.05) is 32.7 Å². The minimum absolute atomic E-state index is 0.411. The number of piperidine rings is 1. The number of likely N-dealkylation sites (tertiary alicyclic amines) is 1. The number of aromatic nitrogens is 2. The molecule has 2 saturated heterocycles. The molecule has 0 aliphatic carbocycles. The second-order valence-electron chi connectivity index (χ2n) is 6.20. The van der Waals surface area contributed by atoms with Crippen molar-refractivity contribution in [3.05, 3.63) is 11.7 Å². The van der Waals surface area contributed by atoms with Gasteiger partial charge in [-0.15, -0.1) is 0 Å². The minimum atomic E-state index is 0.411. The van der Waals surface area contributed by atoms with Crippen LogP contribution in [-0.2, 0) is 11.3 Å². The molecule has 0 saturated carbocycles. The van der Waals surface area contributed by atoms with Gasteiger partial charge in [0.1, 0.15) is 0 Å². The Kier molecular flexibility index (Phi) is 5.22. The van der Waals surface area contributed by atoms with Crippen LogP contribution >= 0.6 is 0 Å². The van der Waals surface area contributed by atoms with Crippen LogP contribution in [0.3, 0.4) is 0 Å². The smallest absolute Gasteiger partial charge is 0.223 e. The SMILES string of the molecule is Cc1nc(CN2CCC[C@H](NC[C@H]3CCCCO3)C2)no1. The molecule has 3 heterocycles. The average Bonchev–Trinajstić information content (AvgIpc) is 2.92. The summed E-state index contributed by atoms with van der Waals surface area (Å²) in [5.41, 5.74) is 0. The normalized spacial score (nSPS) is 27.9. The lowest BCUT2D eigenvalue weighted by atomic mass is 10.0. The van der Waals surface area contributed by atoms with Gasteiger partial charge >= 0.3 is 0 Å². The Labute approximate surface area is 126 Å². The summed E-state index contributed by atoms with van der Waals surface area (Å²) in [6, 6.07) is 0.553. The minimum Gasteiger partial charge on any atom is -0.377 e. The van der Waals surface area contributed by atoms with Crippen molar-refractivity contribution in [1.29, 1.82) is 0 Å². The molecule has 0 unspecified atom stereocenters. The molecule has 2 atom stereocenters. The van der Waals surface area contributed by atoms with Crippen LogP contribution in [0.15, 0.2) is 4.52 Å². The van der Waals surface area contributed by atoms with Gasteiger partial charge in [-0.1, -0.05) is 5.16 Å². The summed E-state index contributed by atoms with van der Waals surface area (Å²) in [6.45, 7) is 6.71. The van der Waals surface area contributed by atoms with E-state index in [2.05, 4.69) is 20.4 Å². The Hall–Kier alpha value is -0.980. The van der Waals surface area contributed by atoms with E-state index in [1.54, 1.807) is 0 Å². The molecule has 6 nitrogen and oxygen atoms in total. The molecule has 1 aromatic rings. The van der Waals surface area contributed by atoms with Crippen LogP contribution < -0.4 is 5.32 Å². The molecule has 2 aliphatic heterocycles. The summed E-state index contributed by atoms with van der Waals surface area (Å²) in [6.07, 6.45) is 6.60. The Balaban J connectivity index is 1.42. The second-order valence-corrected chi connectivity index (χ2v) is 6.20. The molecule has 1 aromatic heterocycles. The van der Waals surface area contributed by atoms with E-state index >= 15 is 0 Å². The molecule has 0 radical (unpaired) electrons. The quantitative estimate of drug-likeness (QED) is 0.888. The van der Waals surface area contributed by atoms with Crippen molar-refractivity contribution in [2.45, 2.75) is 57.7 Å². The van der Waals surface area contributed by atoms with Crippen LogP contribution in [0.25, 0.3) is 0 Å². The van der Waals surface area contributed by atoms with E-state index in [1.807, 2.05) is 6.92 Å². The van der Waals surface area contributed by atoms with Crippen molar-refractivity contribution in [1.82, 2.24) is 20.4 Å². The molecule has 0 bridgehead atoms. The molecule has 2 aliphatic rings. The van der Waals surface area contributed by atoms with Crippen molar-refractivity contribution in [2.75, 3.05) is 26.2 Å². The number of nitrogens with zero attached hydrogens (tertiary/aromatic N) is 3. The van der Waals surface area contributed by atoms with Gasteiger partial charge in [0.25, 0.3) is 0 Å². The first-order valence-electron chi connectivity index (χ1n) is 8.16. The van der Waals surface area contributed by atoms with Gasteiger partial charge in [0.2, 0.25) is 5.89 Å². The van der Waals surface area contributed by atoms with Crippen LogP contribution in [-0.4, -0.2) is 53.4 Å². The number of nitrogens with one attached hydrogen (secondary N) is 1. The van der Waals surface area contributed by atoms with Gasteiger partial charge in [-0.2, -0.15) is 4.98 Å². The first-order valence-corrected chi connectivity index (χ1v) is 8.16. The molecule has 21 heavy (non-hydrogen) atoms. The summed E-state index contributed by atoms with van der Waals surface area (Å²) in [4.78, 5) is 6.70. The summed E-state index contributed by atoms with van der Waals surface area (Å²) >= 11 is 0. The van der Waals surface area contributed by atoms with Gasteiger partial charge in [0.15, 0.2) is 5.82 Å². The fourth-order valence-electron chi connectivity index (χ4n) is 3.24. The third-order valence-electron chi connectivity index (χ3n) is 4.35. The van der Waals surface area contributed by atoms with Crippen molar-refractivity contribution >= 4 is 0 Å². The zero-order valence-corrected chi connectivity index (χ0v) is 12.9. The number of hydrogen-bond donors (Lipinski definition) is 1. The molecule has 1 N–H and O–H groups in total.